The summed E-state index contributed by atoms with van der Waals surface area (Å²) in [5.41, 5.74) is -0.00156. The smallest absolute Gasteiger partial charge is 0.0939 e. The molecule has 5 unspecified atom stereocenters. The van der Waals surface area contributed by atoms with E-state index < -0.39 is 0 Å². The van der Waals surface area contributed by atoms with Gasteiger partial charge in [0.1, 0.15) is 0 Å². The van der Waals surface area contributed by atoms with E-state index in [-0.39, 0.29) is 5.60 Å². The summed E-state index contributed by atoms with van der Waals surface area (Å²) in [5, 5.41) is 3.71. The molecule has 3 saturated heterocycles. The molecule has 116 valence electrons. The summed E-state index contributed by atoms with van der Waals surface area (Å²) in [5.74, 6) is 1.31. The lowest BCUT2D eigenvalue weighted by atomic mass is 9.77. The largest absolute Gasteiger partial charge is 0.378 e. The molecule has 20 heavy (non-hydrogen) atoms. The molecule has 5 atom stereocenters. The van der Waals surface area contributed by atoms with E-state index in [0.717, 1.165) is 52.2 Å². The lowest BCUT2D eigenvalue weighted by molar-refractivity contribution is -0.111. The summed E-state index contributed by atoms with van der Waals surface area (Å²) in [6, 6.07) is 0.471. The number of nitrogens with one attached hydrogen (secondary N) is 1. The molecule has 4 nitrogen and oxygen atoms in total. The van der Waals surface area contributed by atoms with Crippen molar-refractivity contribution in [3.8, 4) is 0 Å². The molecule has 1 spiro atoms. The Morgan fingerprint density at radius 1 is 1.25 bits per heavy atom. The Labute approximate surface area is 122 Å². The summed E-state index contributed by atoms with van der Waals surface area (Å²) >= 11 is 0. The summed E-state index contributed by atoms with van der Waals surface area (Å²) in [6.45, 7) is 8.97. The zero-order valence-corrected chi connectivity index (χ0v) is 12.9. The third-order valence-corrected chi connectivity index (χ3v) is 5.34. The molecular weight excluding hydrogens is 254 g/mol. The summed E-state index contributed by atoms with van der Waals surface area (Å²) in [7, 11) is 0. The zero-order valence-electron chi connectivity index (χ0n) is 12.9. The van der Waals surface area contributed by atoms with E-state index in [1.165, 1.54) is 6.42 Å². The molecule has 3 fully saturated rings. The normalized spacial score (nSPS) is 43.2. The van der Waals surface area contributed by atoms with Gasteiger partial charge < -0.3 is 19.5 Å². The Hall–Kier alpha value is -0.160. The molecule has 0 aromatic heterocycles. The molecule has 0 saturated carbocycles. The quantitative estimate of drug-likeness (QED) is 0.856. The van der Waals surface area contributed by atoms with Crippen molar-refractivity contribution in [3.05, 3.63) is 0 Å². The van der Waals surface area contributed by atoms with Gasteiger partial charge >= 0.3 is 0 Å². The van der Waals surface area contributed by atoms with Crippen LogP contribution in [0.15, 0.2) is 0 Å². The minimum Gasteiger partial charge on any atom is -0.378 e. The van der Waals surface area contributed by atoms with Crippen molar-refractivity contribution in [3.63, 3.8) is 0 Å². The maximum absolute atomic E-state index is 6.08. The fourth-order valence-electron chi connectivity index (χ4n) is 4.20. The number of hydrogen-bond acceptors (Lipinski definition) is 4. The van der Waals surface area contributed by atoms with Gasteiger partial charge in [-0.3, -0.25) is 0 Å². The maximum Gasteiger partial charge on any atom is 0.0939 e. The third-order valence-electron chi connectivity index (χ3n) is 5.34. The molecule has 0 amide bonds. The first-order chi connectivity index (χ1) is 9.74. The van der Waals surface area contributed by atoms with Crippen LogP contribution in [0.2, 0.25) is 0 Å². The number of rotatable bonds is 4. The lowest BCUT2D eigenvalue weighted by Crippen LogP contribution is -2.52. The van der Waals surface area contributed by atoms with Gasteiger partial charge in [0.05, 0.1) is 18.3 Å². The predicted molar refractivity (Wildman–Crippen MR) is 77.8 cm³/mol. The third kappa shape index (κ3) is 2.89. The minimum absolute atomic E-state index is 0.00156. The van der Waals surface area contributed by atoms with Gasteiger partial charge in [0.15, 0.2) is 0 Å². The summed E-state index contributed by atoms with van der Waals surface area (Å²) < 4.78 is 17.7. The predicted octanol–water partition coefficient (Wildman–Crippen LogP) is 1.98. The van der Waals surface area contributed by atoms with Crippen molar-refractivity contribution in [2.75, 3.05) is 33.0 Å². The highest BCUT2D eigenvalue weighted by Gasteiger charge is 2.45. The van der Waals surface area contributed by atoms with Gasteiger partial charge in [-0.25, -0.2) is 0 Å². The second kappa shape index (κ2) is 6.30. The Bertz CT molecular complexity index is 317. The highest BCUT2D eigenvalue weighted by Crippen LogP contribution is 2.39. The number of likely N-dealkylation sites (N-methyl/N-ethyl adjacent to an activating group) is 1. The Morgan fingerprint density at radius 2 is 2.15 bits per heavy atom. The monoisotopic (exact) mass is 283 g/mol. The van der Waals surface area contributed by atoms with Crippen LogP contribution in [0.5, 0.6) is 0 Å². The topological polar surface area (TPSA) is 39.7 Å². The van der Waals surface area contributed by atoms with Crippen LogP contribution in [0.4, 0.5) is 0 Å². The van der Waals surface area contributed by atoms with Crippen LogP contribution < -0.4 is 5.32 Å². The van der Waals surface area contributed by atoms with Gasteiger partial charge in [-0.15, -0.1) is 0 Å². The van der Waals surface area contributed by atoms with Gasteiger partial charge in [0.25, 0.3) is 0 Å². The highest BCUT2D eigenvalue weighted by molar-refractivity contribution is 4.97. The first-order valence-electron chi connectivity index (χ1n) is 8.31. The molecule has 0 aromatic carbocycles. The van der Waals surface area contributed by atoms with Gasteiger partial charge in [-0.1, -0.05) is 13.8 Å². The van der Waals surface area contributed by atoms with Crippen LogP contribution in [-0.2, 0) is 14.2 Å². The molecule has 0 bridgehead atoms. The van der Waals surface area contributed by atoms with E-state index in [9.17, 15) is 0 Å². The fourth-order valence-corrected chi connectivity index (χ4v) is 4.20. The standard InChI is InChI=1S/C16H29NO3/c1-3-17-14(15-12(2)4-7-19-15)13-5-8-20-16(10-13)6-9-18-11-16/h12-15,17H,3-11H2,1-2H3. The van der Waals surface area contributed by atoms with E-state index in [1.807, 2.05) is 0 Å². The van der Waals surface area contributed by atoms with Crippen LogP contribution in [0, 0.1) is 11.8 Å². The maximum atomic E-state index is 6.08. The van der Waals surface area contributed by atoms with E-state index in [1.54, 1.807) is 0 Å². The van der Waals surface area contributed by atoms with Crippen molar-refractivity contribution in [1.29, 1.82) is 0 Å². The number of hydrogen-bond donors (Lipinski definition) is 1. The molecule has 4 heteroatoms. The van der Waals surface area contributed by atoms with Gasteiger partial charge in [0, 0.05) is 32.3 Å². The van der Waals surface area contributed by atoms with E-state index in [2.05, 4.69) is 19.2 Å². The van der Waals surface area contributed by atoms with E-state index in [0.29, 0.717) is 24.0 Å². The SMILES string of the molecule is CCNC(C1CCOC2(CCOC2)C1)C1OCCC1C. The van der Waals surface area contributed by atoms with Crippen LogP contribution in [-0.4, -0.2) is 50.7 Å². The number of ether oxygens (including phenoxy) is 3. The summed E-state index contributed by atoms with van der Waals surface area (Å²) in [4.78, 5) is 0. The van der Waals surface area contributed by atoms with Crippen LogP contribution >= 0.6 is 0 Å². The van der Waals surface area contributed by atoms with E-state index in [4.69, 9.17) is 14.2 Å². The van der Waals surface area contributed by atoms with Crippen LogP contribution in [0.25, 0.3) is 0 Å². The molecule has 3 rings (SSSR count). The second-order valence-electron chi connectivity index (χ2n) is 6.77. The van der Waals surface area contributed by atoms with Gasteiger partial charge in [-0.05, 0) is 37.6 Å². The van der Waals surface area contributed by atoms with Crippen molar-refractivity contribution in [1.82, 2.24) is 5.32 Å². The molecule has 3 heterocycles. The van der Waals surface area contributed by atoms with Crippen molar-refractivity contribution >= 4 is 0 Å². The van der Waals surface area contributed by atoms with Gasteiger partial charge in [-0.2, -0.15) is 0 Å². The molecule has 1 N–H and O–H groups in total. The molecular formula is C16H29NO3. The van der Waals surface area contributed by atoms with Crippen LogP contribution in [0.3, 0.4) is 0 Å². The second-order valence-corrected chi connectivity index (χ2v) is 6.77. The summed E-state index contributed by atoms with van der Waals surface area (Å²) in [6.07, 6.45) is 4.90. The molecule has 0 aliphatic carbocycles. The average Bonchev–Trinajstić information content (AvgIpc) is 3.06. The first kappa shape index (κ1) is 14.8. The molecule has 3 aliphatic rings. The molecule has 0 aromatic rings. The van der Waals surface area contributed by atoms with Crippen molar-refractivity contribution in [2.24, 2.45) is 11.8 Å². The fraction of sp³-hybridized carbons (Fsp3) is 1.00. The molecule has 3 aliphatic heterocycles. The highest BCUT2D eigenvalue weighted by atomic mass is 16.6. The molecule has 0 radical (unpaired) electrons. The van der Waals surface area contributed by atoms with Gasteiger partial charge in [0.2, 0.25) is 0 Å². The minimum atomic E-state index is -0.00156. The Balaban J connectivity index is 1.70. The Morgan fingerprint density at radius 3 is 2.80 bits per heavy atom. The average molecular weight is 283 g/mol. The zero-order chi connectivity index (χ0) is 14.0. The Kier molecular flexibility index (Phi) is 4.65. The first-order valence-corrected chi connectivity index (χ1v) is 8.31. The lowest BCUT2D eigenvalue weighted by Gasteiger charge is -2.42. The van der Waals surface area contributed by atoms with Crippen LogP contribution in [0.1, 0.15) is 39.5 Å². The van der Waals surface area contributed by atoms with Crippen molar-refractivity contribution < 1.29 is 14.2 Å². The van der Waals surface area contributed by atoms with E-state index >= 15 is 0 Å². The van der Waals surface area contributed by atoms with Crippen molar-refractivity contribution in [2.45, 2.75) is 57.3 Å².